The van der Waals surface area contributed by atoms with Crippen molar-refractivity contribution in [3.63, 3.8) is 0 Å². The first-order chi connectivity index (χ1) is 11.7. The molecule has 2 fully saturated rings. The highest BCUT2D eigenvalue weighted by molar-refractivity contribution is 5.86. The Kier molecular flexibility index (Phi) is 7.27. The third-order valence-electron chi connectivity index (χ3n) is 5.64. The summed E-state index contributed by atoms with van der Waals surface area (Å²) in [6.07, 6.45) is 0. The van der Waals surface area contributed by atoms with Crippen LogP contribution in [0.5, 0.6) is 0 Å². The van der Waals surface area contributed by atoms with Gasteiger partial charge in [0.05, 0.1) is 12.1 Å². The normalized spacial score (nSPS) is 24.2. The lowest BCUT2D eigenvalue weighted by Gasteiger charge is -2.47. The summed E-state index contributed by atoms with van der Waals surface area (Å²) in [6.45, 7) is 20.2. The average Bonchev–Trinajstić information content (AvgIpc) is 2.48. The topological polar surface area (TPSA) is 47.1 Å². The van der Waals surface area contributed by atoms with Crippen molar-refractivity contribution in [2.45, 2.75) is 78.6 Å². The quantitative estimate of drug-likeness (QED) is 0.747. The number of nitrogens with zero attached hydrogens (tertiary/aromatic N) is 4. The maximum Gasteiger partial charge on any atom is 0.242 e. The highest BCUT2D eigenvalue weighted by Gasteiger charge is 2.41. The minimum Gasteiger partial charge on any atom is -0.343 e. The Balaban J connectivity index is 0.000000260. The number of amides is 2. The molecule has 152 valence electrons. The van der Waals surface area contributed by atoms with Crippen LogP contribution in [0.25, 0.3) is 0 Å². The lowest BCUT2D eigenvalue weighted by Crippen LogP contribution is -2.63. The molecular weight excluding hydrogens is 328 g/mol. The molecule has 0 bridgehead atoms. The highest BCUT2D eigenvalue weighted by Crippen LogP contribution is 2.24. The molecule has 2 aliphatic rings. The van der Waals surface area contributed by atoms with Gasteiger partial charge < -0.3 is 9.80 Å². The van der Waals surface area contributed by atoms with E-state index in [2.05, 4.69) is 51.3 Å². The van der Waals surface area contributed by atoms with Gasteiger partial charge in [-0.2, -0.15) is 0 Å². The Hall–Kier alpha value is -1.14. The minimum absolute atomic E-state index is 0.108. The van der Waals surface area contributed by atoms with Crippen molar-refractivity contribution in [2.24, 2.45) is 0 Å². The van der Waals surface area contributed by atoms with Crippen molar-refractivity contribution < 1.29 is 9.59 Å². The number of piperazine rings is 2. The van der Waals surface area contributed by atoms with Crippen molar-refractivity contribution in [3.05, 3.63) is 0 Å². The fraction of sp³-hybridized carbons (Fsp3) is 0.900. The summed E-state index contributed by atoms with van der Waals surface area (Å²) < 4.78 is 0. The monoisotopic (exact) mass is 368 g/mol. The zero-order valence-electron chi connectivity index (χ0n) is 18.6. The highest BCUT2D eigenvalue weighted by atomic mass is 16.2. The van der Waals surface area contributed by atoms with Gasteiger partial charge >= 0.3 is 0 Å². The van der Waals surface area contributed by atoms with Gasteiger partial charge in [-0.05, 0) is 55.4 Å². The van der Waals surface area contributed by atoms with E-state index < -0.39 is 0 Å². The maximum atomic E-state index is 11.8. The van der Waals surface area contributed by atoms with Crippen LogP contribution in [0.2, 0.25) is 0 Å². The molecular formula is C20H40N4O2. The molecule has 2 amide bonds. The number of likely N-dealkylation sites (N-methyl/N-ethyl adjacent to an activating group) is 2. The molecule has 0 aromatic rings. The summed E-state index contributed by atoms with van der Waals surface area (Å²) in [7, 11) is 3.75. The van der Waals surface area contributed by atoms with E-state index >= 15 is 0 Å². The molecule has 0 radical (unpaired) electrons. The smallest absolute Gasteiger partial charge is 0.242 e. The largest absolute Gasteiger partial charge is 0.343 e. The second kappa shape index (κ2) is 8.26. The van der Waals surface area contributed by atoms with E-state index in [4.69, 9.17) is 0 Å². The van der Waals surface area contributed by atoms with E-state index in [-0.39, 0.29) is 22.9 Å². The van der Waals surface area contributed by atoms with Crippen LogP contribution in [-0.2, 0) is 9.59 Å². The molecule has 2 heterocycles. The average molecular weight is 369 g/mol. The van der Waals surface area contributed by atoms with E-state index in [0.29, 0.717) is 18.6 Å². The fourth-order valence-electron chi connectivity index (χ4n) is 4.25. The summed E-state index contributed by atoms with van der Waals surface area (Å²) in [5.41, 5.74) is -0.224. The van der Waals surface area contributed by atoms with Crippen molar-refractivity contribution in [2.75, 3.05) is 40.3 Å². The Morgan fingerprint density at radius 1 is 0.808 bits per heavy atom. The number of carbonyl (C=O) groups is 2. The number of carbonyl (C=O) groups excluding carboxylic acids is 2. The molecule has 2 saturated heterocycles. The van der Waals surface area contributed by atoms with Gasteiger partial charge in [0.2, 0.25) is 11.8 Å². The summed E-state index contributed by atoms with van der Waals surface area (Å²) in [5.74, 6) is 0.459. The molecule has 0 atom stereocenters. The molecule has 0 unspecified atom stereocenters. The molecule has 0 N–H and O–H groups in total. The van der Waals surface area contributed by atoms with Crippen molar-refractivity contribution in [1.82, 2.24) is 19.6 Å². The van der Waals surface area contributed by atoms with Crippen LogP contribution in [0.15, 0.2) is 0 Å². The predicted molar refractivity (Wildman–Crippen MR) is 107 cm³/mol. The summed E-state index contributed by atoms with van der Waals surface area (Å²) in [6, 6.07) is 0.875. The third kappa shape index (κ3) is 4.97. The predicted octanol–water partition coefficient (Wildman–Crippen LogP) is 1.89. The first-order valence-electron chi connectivity index (χ1n) is 9.74. The van der Waals surface area contributed by atoms with Crippen molar-refractivity contribution in [3.8, 4) is 0 Å². The molecule has 0 aromatic carbocycles. The summed E-state index contributed by atoms with van der Waals surface area (Å²) in [4.78, 5) is 31.5. The number of hydrogen-bond acceptors (Lipinski definition) is 4. The zero-order valence-corrected chi connectivity index (χ0v) is 18.6. The van der Waals surface area contributed by atoms with Crippen molar-refractivity contribution >= 4 is 11.8 Å². The van der Waals surface area contributed by atoms with Gasteiger partial charge in [-0.15, -0.1) is 0 Å². The van der Waals surface area contributed by atoms with E-state index in [1.165, 1.54) is 0 Å². The second-order valence-corrected chi connectivity index (χ2v) is 9.36. The molecule has 0 spiro atoms. The van der Waals surface area contributed by atoms with E-state index in [9.17, 15) is 9.59 Å². The maximum absolute atomic E-state index is 11.8. The van der Waals surface area contributed by atoms with Crippen LogP contribution in [0.4, 0.5) is 0 Å². The molecule has 2 aliphatic heterocycles. The molecule has 0 aromatic heterocycles. The van der Waals surface area contributed by atoms with E-state index in [1.807, 2.05) is 37.7 Å². The van der Waals surface area contributed by atoms with Crippen LogP contribution in [0.3, 0.4) is 0 Å². The molecule has 2 rings (SSSR count). The molecule has 6 heteroatoms. The Bertz CT molecular complexity index is 508. The standard InChI is InChI=1S/2C10H20N2O/c1-8(2)12-6-9(13)11(5)7-10(12,3)4;1-8(2)12-7-6-11(5)9(13)10(12,3)4/h2*8H,6-7H2,1-5H3. The van der Waals surface area contributed by atoms with Crippen LogP contribution < -0.4 is 0 Å². The van der Waals surface area contributed by atoms with Crippen LogP contribution in [-0.4, -0.2) is 94.8 Å². The van der Waals surface area contributed by atoms with Crippen molar-refractivity contribution in [1.29, 1.82) is 0 Å². The first kappa shape index (κ1) is 22.9. The fourth-order valence-corrected chi connectivity index (χ4v) is 4.25. The van der Waals surface area contributed by atoms with Crippen LogP contribution in [0, 0.1) is 0 Å². The van der Waals surface area contributed by atoms with Gasteiger partial charge in [0.1, 0.15) is 0 Å². The summed E-state index contributed by atoms with van der Waals surface area (Å²) in [5, 5.41) is 0. The van der Waals surface area contributed by atoms with Gasteiger partial charge in [0.15, 0.2) is 0 Å². The molecule has 0 saturated carbocycles. The lowest BCUT2D eigenvalue weighted by atomic mass is 9.96. The van der Waals surface area contributed by atoms with Crippen LogP contribution >= 0.6 is 0 Å². The van der Waals surface area contributed by atoms with E-state index in [0.717, 1.165) is 19.6 Å². The Morgan fingerprint density at radius 3 is 1.77 bits per heavy atom. The molecule has 26 heavy (non-hydrogen) atoms. The molecule has 0 aliphatic carbocycles. The zero-order chi connectivity index (χ0) is 20.4. The van der Waals surface area contributed by atoms with Gasteiger partial charge in [0.25, 0.3) is 0 Å². The van der Waals surface area contributed by atoms with Gasteiger partial charge in [-0.25, -0.2) is 0 Å². The Labute approximate surface area is 160 Å². The minimum atomic E-state index is -0.332. The third-order valence-corrected chi connectivity index (χ3v) is 5.64. The first-order valence-corrected chi connectivity index (χ1v) is 9.74. The van der Waals surface area contributed by atoms with E-state index in [1.54, 1.807) is 0 Å². The van der Waals surface area contributed by atoms with Crippen LogP contribution in [0.1, 0.15) is 55.4 Å². The Morgan fingerprint density at radius 2 is 1.31 bits per heavy atom. The molecule has 6 nitrogen and oxygen atoms in total. The summed E-state index contributed by atoms with van der Waals surface area (Å²) >= 11 is 0. The number of hydrogen-bond donors (Lipinski definition) is 0. The van der Waals surface area contributed by atoms with Gasteiger partial charge in [-0.1, -0.05) is 0 Å². The SMILES string of the molecule is CC(C)N1CC(=O)N(C)CC1(C)C.CC(C)N1CCN(C)C(=O)C1(C)C. The lowest BCUT2D eigenvalue weighted by molar-refractivity contribution is -0.148. The van der Waals surface area contributed by atoms with Gasteiger partial charge in [-0.3, -0.25) is 19.4 Å². The van der Waals surface area contributed by atoms with Gasteiger partial charge in [0, 0.05) is 51.4 Å². The second-order valence-electron chi connectivity index (χ2n) is 9.36. The number of rotatable bonds is 2.